The molecule has 1 amide bonds. The van der Waals surface area contributed by atoms with Gasteiger partial charge in [-0.3, -0.25) is 20.0 Å². The van der Waals surface area contributed by atoms with E-state index >= 15 is 0 Å². The van der Waals surface area contributed by atoms with Gasteiger partial charge in [0.05, 0.1) is 18.3 Å². The number of aromatic nitrogens is 4. The second-order valence-electron chi connectivity index (χ2n) is 5.83. The maximum Gasteiger partial charge on any atom is 0.243 e. The van der Waals surface area contributed by atoms with Crippen LogP contribution in [0.3, 0.4) is 0 Å². The van der Waals surface area contributed by atoms with Gasteiger partial charge in [-0.25, -0.2) is 0 Å². The zero-order valence-electron chi connectivity index (χ0n) is 14.8. The van der Waals surface area contributed by atoms with Crippen molar-refractivity contribution in [3.8, 4) is 11.4 Å². The number of rotatable bonds is 7. The molecule has 1 N–H and O–H groups in total. The highest BCUT2D eigenvalue weighted by Gasteiger charge is 2.21. The molecule has 3 aromatic heterocycles. The van der Waals surface area contributed by atoms with E-state index in [1.807, 2.05) is 50.1 Å². The van der Waals surface area contributed by atoms with Crippen LogP contribution in [-0.2, 0) is 17.8 Å². The molecule has 0 aliphatic heterocycles. The number of anilines is 1. The fourth-order valence-electron chi connectivity index (χ4n) is 2.26. The summed E-state index contributed by atoms with van der Waals surface area (Å²) in [7, 11) is 1.85. The number of carbonyl (C=O) groups excluding carboxylic acids is 1. The topological polar surface area (TPSA) is 97.0 Å². The normalized spacial score (nSPS) is 12.3. The van der Waals surface area contributed by atoms with Crippen LogP contribution in [0.5, 0.6) is 0 Å². The van der Waals surface area contributed by atoms with Crippen molar-refractivity contribution in [1.82, 2.24) is 25.2 Å². The van der Waals surface area contributed by atoms with Crippen molar-refractivity contribution in [3.63, 3.8) is 0 Å². The van der Waals surface area contributed by atoms with Gasteiger partial charge in [0.1, 0.15) is 10.7 Å². The lowest BCUT2D eigenvalue weighted by Gasteiger charge is -2.21. The fraction of sp³-hybridized carbons (Fsp3) is 0.353. The standard InChI is InChI=1S/C17H20N6O2S/c1-4-15-20-21-17(26-15)19-16(24)11(2)23(3)10-12-9-14(22-25-12)13-7-5-6-8-18-13/h5-9,11H,4,10H2,1-3H3,(H,19,21,24)/t11-/m0/s1. The maximum atomic E-state index is 12.4. The summed E-state index contributed by atoms with van der Waals surface area (Å²) in [6.07, 6.45) is 2.51. The van der Waals surface area contributed by atoms with Crippen LogP contribution in [0.15, 0.2) is 35.0 Å². The van der Waals surface area contributed by atoms with E-state index in [2.05, 4.69) is 25.7 Å². The van der Waals surface area contributed by atoms with Gasteiger partial charge in [-0.1, -0.05) is 29.5 Å². The van der Waals surface area contributed by atoms with Gasteiger partial charge in [0, 0.05) is 12.3 Å². The second kappa shape index (κ2) is 8.15. The largest absolute Gasteiger partial charge is 0.359 e. The van der Waals surface area contributed by atoms with Gasteiger partial charge in [-0.15, -0.1) is 10.2 Å². The first kappa shape index (κ1) is 18.2. The summed E-state index contributed by atoms with van der Waals surface area (Å²) < 4.78 is 5.37. The van der Waals surface area contributed by atoms with Crippen molar-refractivity contribution in [2.24, 2.45) is 0 Å². The minimum Gasteiger partial charge on any atom is -0.359 e. The Bertz CT molecular complexity index is 863. The van der Waals surface area contributed by atoms with Crippen LogP contribution in [0.25, 0.3) is 11.4 Å². The van der Waals surface area contributed by atoms with Crippen LogP contribution < -0.4 is 5.32 Å². The Balaban J connectivity index is 1.59. The predicted molar refractivity (Wildman–Crippen MR) is 98.6 cm³/mol. The summed E-state index contributed by atoms with van der Waals surface area (Å²) >= 11 is 1.39. The van der Waals surface area contributed by atoms with Crippen LogP contribution in [-0.4, -0.2) is 44.2 Å². The Morgan fingerprint density at radius 3 is 2.88 bits per heavy atom. The number of carbonyl (C=O) groups is 1. The van der Waals surface area contributed by atoms with Gasteiger partial charge in [-0.2, -0.15) is 0 Å². The van der Waals surface area contributed by atoms with Crippen LogP contribution in [0.2, 0.25) is 0 Å². The van der Waals surface area contributed by atoms with Crippen molar-refractivity contribution in [2.75, 3.05) is 12.4 Å². The van der Waals surface area contributed by atoms with E-state index in [0.29, 0.717) is 23.1 Å². The number of aryl methyl sites for hydroxylation is 1. The summed E-state index contributed by atoms with van der Waals surface area (Å²) in [4.78, 5) is 18.5. The Hall–Kier alpha value is -2.65. The molecule has 0 saturated carbocycles. The van der Waals surface area contributed by atoms with E-state index in [-0.39, 0.29) is 11.9 Å². The summed E-state index contributed by atoms with van der Waals surface area (Å²) in [5.41, 5.74) is 1.42. The Morgan fingerprint density at radius 1 is 1.35 bits per heavy atom. The number of nitrogens with zero attached hydrogens (tertiary/aromatic N) is 5. The van der Waals surface area contributed by atoms with Crippen molar-refractivity contribution >= 4 is 22.4 Å². The summed E-state index contributed by atoms with van der Waals surface area (Å²) in [5, 5.41) is 16.2. The van der Waals surface area contributed by atoms with Gasteiger partial charge >= 0.3 is 0 Å². The molecule has 0 bridgehead atoms. The lowest BCUT2D eigenvalue weighted by molar-refractivity contribution is -0.120. The number of pyridine rings is 1. The van der Waals surface area contributed by atoms with Crippen molar-refractivity contribution in [1.29, 1.82) is 0 Å². The molecular weight excluding hydrogens is 352 g/mol. The molecule has 3 heterocycles. The Kier molecular flexibility index (Phi) is 5.69. The number of amides is 1. The molecule has 0 unspecified atom stereocenters. The molecule has 0 saturated heterocycles. The van der Waals surface area contributed by atoms with E-state index in [1.165, 1.54) is 11.3 Å². The zero-order valence-corrected chi connectivity index (χ0v) is 15.7. The molecule has 8 nitrogen and oxygen atoms in total. The van der Waals surface area contributed by atoms with Gasteiger partial charge in [0.15, 0.2) is 5.76 Å². The molecule has 0 aliphatic carbocycles. The number of nitrogens with one attached hydrogen (secondary N) is 1. The first-order valence-electron chi connectivity index (χ1n) is 8.27. The highest BCUT2D eigenvalue weighted by atomic mass is 32.1. The van der Waals surface area contributed by atoms with Crippen LogP contribution in [0, 0.1) is 0 Å². The molecule has 9 heteroatoms. The molecule has 26 heavy (non-hydrogen) atoms. The zero-order chi connectivity index (χ0) is 18.5. The molecule has 0 aliphatic rings. The van der Waals surface area contributed by atoms with E-state index in [1.54, 1.807) is 6.20 Å². The van der Waals surface area contributed by atoms with Gasteiger partial charge < -0.3 is 4.52 Å². The molecule has 3 rings (SSSR count). The molecule has 0 fully saturated rings. The van der Waals surface area contributed by atoms with E-state index in [4.69, 9.17) is 4.52 Å². The number of likely N-dealkylation sites (N-methyl/N-ethyl adjacent to an activating group) is 1. The average Bonchev–Trinajstić information content (AvgIpc) is 3.31. The summed E-state index contributed by atoms with van der Waals surface area (Å²) in [6.45, 7) is 4.27. The molecule has 136 valence electrons. The minimum absolute atomic E-state index is 0.143. The quantitative estimate of drug-likeness (QED) is 0.681. The van der Waals surface area contributed by atoms with E-state index in [9.17, 15) is 4.79 Å². The van der Waals surface area contributed by atoms with Crippen LogP contribution in [0.1, 0.15) is 24.6 Å². The Morgan fingerprint density at radius 2 is 2.19 bits per heavy atom. The molecule has 3 aromatic rings. The smallest absolute Gasteiger partial charge is 0.243 e. The minimum atomic E-state index is -0.368. The highest BCUT2D eigenvalue weighted by molar-refractivity contribution is 7.15. The predicted octanol–water partition coefficient (Wildman–Crippen LogP) is 2.61. The van der Waals surface area contributed by atoms with Crippen molar-refractivity contribution < 1.29 is 9.32 Å². The van der Waals surface area contributed by atoms with Crippen molar-refractivity contribution in [3.05, 3.63) is 41.2 Å². The number of hydrogen-bond acceptors (Lipinski definition) is 8. The maximum absolute atomic E-state index is 12.4. The summed E-state index contributed by atoms with van der Waals surface area (Å²) in [5.74, 6) is 0.521. The fourth-order valence-corrected chi connectivity index (χ4v) is 2.94. The lowest BCUT2D eigenvalue weighted by atomic mass is 10.2. The molecular formula is C17H20N6O2S. The Labute approximate surface area is 155 Å². The van der Waals surface area contributed by atoms with Gasteiger partial charge in [0.25, 0.3) is 0 Å². The van der Waals surface area contributed by atoms with Crippen molar-refractivity contribution in [2.45, 2.75) is 32.9 Å². The lowest BCUT2D eigenvalue weighted by Crippen LogP contribution is -2.39. The van der Waals surface area contributed by atoms with Gasteiger partial charge in [0.2, 0.25) is 11.0 Å². The van der Waals surface area contributed by atoms with E-state index < -0.39 is 0 Å². The van der Waals surface area contributed by atoms with Gasteiger partial charge in [-0.05, 0) is 32.5 Å². The SMILES string of the molecule is CCc1nnc(NC(=O)[C@H](C)N(C)Cc2cc(-c3ccccn3)no2)s1. The average molecular weight is 372 g/mol. The first-order chi connectivity index (χ1) is 12.6. The molecule has 0 aromatic carbocycles. The van der Waals surface area contributed by atoms with E-state index in [0.717, 1.165) is 17.1 Å². The molecule has 0 radical (unpaired) electrons. The number of hydrogen-bond donors (Lipinski definition) is 1. The third-order valence-corrected chi connectivity index (χ3v) is 4.91. The monoisotopic (exact) mass is 372 g/mol. The highest BCUT2D eigenvalue weighted by Crippen LogP contribution is 2.19. The first-order valence-corrected chi connectivity index (χ1v) is 9.09. The molecule has 1 atom stereocenters. The molecule has 0 spiro atoms. The second-order valence-corrected chi connectivity index (χ2v) is 6.89. The summed E-state index contributed by atoms with van der Waals surface area (Å²) in [6, 6.07) is 7.08. The third-order valence-electron chi connectivity index (χ3n) is 3.93. The van der Waals surface area contributed by atoms with Crippen LogP contribution in [0.4, 0.5) is 5.13 Å². The third kappa shape index (κ3) is 4.30. The van der Waals surface area contributed by atoms with Crippen LogP contribution >= 0.6 is 11.3 Å².